The van der Waals surface area contributed by atoms with Gasteiger partial charge in [0.2, 0.25) is 5.78 Å². The number of benzene rings is 1. The van der Waals surface area contributed by atoms with Gasteiger partial charge in [-0.1, -0.05) is 30.7 Å². The van der Waals surface area contributed by atoms with Crippen LogP contribution in [0.5, 0.6) is 0 Å². The monoisotopic (exact) mass is 657 g/mol. The first-order valence-corrected chi connectivity index (χ1v) is 18.7. The molecule has 260 valence electrons. The Morgan fingerprint density at radius 2 is 1.75 bits per heavy atom. The summed E-state index contributed by atoms with van der Waals surface area (Å²) in [6.45, 7) is 7.35. The van der Waals surface area contributed by atoms with Gasteiger partial charge < -0.3 is 24.3 Å². The second-order valence-corrected chi connectivity index (χ2v) is 16.7. The van der Waals surface area contributed by atoms with Crippen molar-refractivity contribution >= 4 is 11.9 Å². The number of amides is 1. The number of hydrogen-bond donors (Lipinski definition) is 2. The molecule has 7 nitrogen and oxygen atoms in total. The van der Waals surface area contributed by atoms with E-state index in [9.17, 15) is 19.8 Å². The smallest absolute Gasteiger partial charge is 0.409 e. The molecule has 1 amide bonds. The number of aliphatic hydroxyl groups excluding tert-OH is 1. The molecule has 1 aromatic carbocycles. The predicted octanol–water partition coefficient (Wildman–Crippen LogP) is 8.22. The standard InChI is InChI=1S/C41H55NO6/c1-4-47-38(45)42(25-40-22-29-17-30(23-40)19-31(18-29)24-40)26-41(46)15-13-35-33-12-10-28(21-34(33)37(44)36-8-6-16-48-36)20-32(43)11-9-27(2)7-5-14-39(35,41)3/h6-8,10,12,16,21,29-32,35,43,46H,4-5,9,11,13-15,17-20,22-26H2,1-3H3/t29?,30?,31?,32-,35-,39-,40?,41+/m0/s1. The Morgan fingerprint density at radius 1 is 1.02 bits per heavy atom. The van der Waals surface area contributed by atoms with Gasteiger partial charge in [0.05, 0.1) is 31.1 Å². The number of allylic oxidation sites excluding steroid dienone is 2. The topological polar surface area (TPSA) is 100 Å². The van der Waals surface area contributed by atoms with Crippen molar-refractivity contribution < 1.29 is 29.0 Å². The largest absolute Gasteiger partial charge is 0.461 e. The minimum Gasteiger partial charge on any atom is -0.461 e. The van der Waals surface area contributed by atoms with E-state index in [-0.39, 0.29) is 35.5 Å². The molecule has 2 N–H and O–H groups in total. The van der Waals surface area contributed by atoms with Crippen LogP contribution in [0.3, 0.4) is 0 Å². The number of fused-ring (bicyclic) bond motifs is 8. The maximum atomic E-state index is 14.0. The zero-order valence-electron chi connectivity index (χ0n) is 29.2. The van der Waals surface area contributed by atoms with Gasteiger partial charge in [-0.25, -0.2) is 4.79 Å². The summed E-state index contributed by atoms with van der Waals surface area (Å²) < 4.78 is 11.3. The maximum absolute atomic E-state index is 14.0. The molecular formula is C41H55NO6. The van der Waals surface area contributed by atoms with Crippen LogP contribution in [0.2, 0.25) is 0 Å². The minimum absolute atomic E-state index is 0.114. The van der Waals surface area contributed by atoms with E-state index in [0.29, 0.717) is 50.8 Å². The summed E-state index contributed by atoms with van der Waals surface area (Å²) in [5.74, 6) is 2.28. The van der Waals surface area contributed by atoms with Crippen molar-refractivity contribution in [3.05, 3.63) is 70.7 Å². The van der Waals surface area contributed by atoms with Gasteiger partial charge in [-0.15, -0.1) is 0 Å². The summed E-state index contributed by atoms with van der Waals surface area (Å²) in [5.41, 5.74) is 1.96. The highest BCUT2D eigenvalue weighted by molar-refractivity contribution is 6.08. The molecule has 7 aliphatic carbocycles. The van der Waals surface area contributed by atoms with Crippen molar-refractivity contribution in [3.8, 4) is 0 Å². The van der Waals surface area contributed by atoms with E-state index in [2.05, 4.69) is 26.0 Å². The molecule has 6 bridgehead atoms. The van der Waals surface area contributed by atoms with Crippen LogP contribution in [0.4, 0.5) is 4.79 Å². The molecule has 1 aromatic heterocycles. The van der Waals surface area contributed by atoms with E-state index in [1.165, 1.54) is 50.4 Å². The van der Waals surface area contributed by atoms with Crippen LogP contribution < -0.4 is 0 Å². The number of carbonyl (C=O) groups is 2. The van der Waals surface area contributed by atoms with Gasteiger partial charge in [-0.05, 0) is 156 Å². The quantitative estimate of drug-likeness (QED) is 0.230. The normalized spacial score (nSPS) is 35.9. The van der Waals surface area contributed by atoms with Crippen LogP contribution in [-0.4, -0.2) is 58.4 Å². The molecule has 0 saturated heterocycles. The van der Waals surface area contributed by atoms with Crippen molar-refractivity contribution in [3.63, 3.8) is 0 Å². The summed E-state index contributed by atoms with van der Waals surface area (Å²) in [4.78, 5) is 29.7. The first kappa shape index (κ1) is 33.6. The Labute approximate surface area is 286 Å². The van der Waals surface area contributed by atoms with Crippen molar-refractivity contribution in [1.82, 2.24) is 4.90 Å². The molecule has 0 spiro atoms. The summed E-state index contributed by atoms with van der Waals surface area (Å²) in [6.07, 6.45) is 15.1. The van der Waals surface area contributed by atoms with Gasteiger partial charge in [-0.3, -0.25) is 4.79 Å². The van der Waals surface area contributed by atoms with Crippen LogP contribution in [0.15, 0.2) is 52.7 Å². The molecule has 7 heteroatoms. The lowest BCUT2D eigenvalue weighted by Gasteiger charge is -2.58. The lowest BCUT2D eigenvalue weighted by atomic mass is 9.49. The molecule has 5 saturated carbocycles. The maximum Gasteiger partial charge on any atom is 0.409 e. The molecule has 2 aromatic rings. The first-order valence-electron chi connectivity index (χ1n) is 18.7. The van der Waals surface area contributed by atoms with Crippen LogP contribution in [0.1, 0.15) is 131 Å². The third kappa shape index (κ3) is 6.30. The number of nitrogens with zero attached hydrogens (tertiary/aromatic N) is 1. The molecule has 4 atom stereocenters. The fraction of sp³-hybridized carbons (Fsp3) is 0.659. The Balaban J connectivity index is 1.26. The van der Waals surface area contributed by atoms with Crippen LogP contribution in [-0.2, 0) is 11.2 Å². The third-order valence-electron chi connectivity index (χ3n) is 13.3. The number of ether oxygens (including phenoxy) is 1. The van der Waals surface area contributed by atoms with Crippen molar-refractivity contribution in [2.45, 2.75) is 122 Å². The summed E-state index contributed by atoms with van der Waals surface area (Å²) >= 11 is 0. The Bertz CT molecular complexity index is 1490. The number of furan rings is 1. The molecule has 9 rings (SSSR count). The van der Waals surface area contributed by atoms with Gasteiger partial charge in [0.1, 0.15) is 0 Å². The molecule has 5 fully saturated rings. The van der Waals surface area contributed by atoms with Gasteiger partial charge in [0.15, 0.2) is 5.76 Å². The molecule has 0 aliphatic heterocycles. The first-order chi connectivity index (χ1) is 23.0. The Hall–Kier alpha value is -2.90. The van der Waals surface area contributed by atoms with E-state index in [1.807, 2.05) is 24.0 Å². The number of carbonyl (C=O) groups excluding carboxylic acids is 2. The lowest BCUT2D eigenvalue weighted by Crippen LogP contribution is -2.58. The fourth-order valence-corrected chi connectivity index (χ4v) is 11.3. The molecular weight excluding hydrogens is 602 g/mol. The summed E-state index contributed by atoms with van der Waals surface area (Å²) in [5, 5.41) is 23.9. The Kier molecular flexibility index (Phi) is 9.16. The molecule has 0 radical (unpaired) electrons. The minimum atomic E-state index is -1.18. The van der Waals surface area contributed by atoms with E-state index >= 15 is 0 Å². The lowest BCUT2D eigenvalue weighted by molar-refractivity contribution is -0.103. The number of ketones is 1. The van der Waals surface area contributed by atoms with Crippen LogP contribution in [0.25, 0.3) is 0 Å². The average Bonchev–Trinajstić information content (AvgIpc) is 3.66. The highest BCUT2D eigenvalue weighted by atomic mass is 16.6. The van der Waals surface area contributed by atoms with E-state index in [0.717, 1.165) is 41.7 Å². The SMILES string of the molecule is CCOC(=O)N(CC12CC3CC(CC(C3)C1)C2)C[C@]1(O)CC[C@H]2c3ccc(cc3C(=O)c3ccco3)C[C@@H](O)CCC(C)=CCC[C@@]21C. The molecule has 0 unspecified atom stereocenters. The molecule has 1 heterocycles. The Morgan fingerprint density at radius 3 is 2.42 bits per heavy atom. The van der Waals surface area contributed by atoms with Gasteiger partial charge in [0.25, 0.3) is 0 Å². The fourth-order valence-electron chi connectivity index (χ4n) is 11.3. The van der Waals surface area contributed by atoms with Crippen LogP contribution in [0, 0.1) is 28.6 Å². The predicted molar refractivity (Wildman–Crippen MR) is 185 cm³/mol. The molecule has 7 aliphatic rings. The zero-order valence-corrected chi connectivity index (χ0v) is 29.2. The average molecular weight is 658 g/mol. The number of rotatable bonds is 7. The van der Waals surface area contributed by atoms with Gasteiger partial charge >= 0.3 is 6.09 Å². The highest BCUT2D eigenvalue weighted by Gasteiger charge is 2.59. The zero-order chi connectivity index (χ0) is 33.7. The van der Waals surface area contributed by atoms with Crippen LogP contribution >= 0.6 is 0 Å². The van der Waals surface area contributed by atoms with E-state index < -0.39 is 17.1 Å². The molecule has 48 heavy (non-hydrogen) atoms. The number of hydrogen-bond acceptors (Lipinski definition) is 6. The van der Waals surface area contributed by atoms with Crippen molar-refractivity contribution in [1.29, 1.82) is 0 Å². The highest BCUT2D eigenvalue weighted by Crippen LogP contribution is 2.62. The van der Waals surface area contributed by atoms with E-state index in [1.54, 1.807) is 12.1 Å². The second-order valence-electron chi connectivity index (χ2n) is 16.7. The van der Waals surface area contributed by atoms with E-state index in [4.69, 9.17) is 9.15 Å². The van der Waals surface area contributed by atoms with Gasteiger partial charge in [0, 0.05) is 17.5 Å². The third-order valence-corrected chi connectivity index (χ3v) is 13.3. The number of aliphatic hydroxyl groups is 2. The van der Waals surface area contributed by atoms with Gasteiger partial charge in [-0.2, -0.15) is 0 Å². The summed E-state index contributed by atoms with van der Waals surface area (Å²) in [6, 6.07) is 9.46. The van der Waals surface area contributed by atoms with Crippen molar-refractivity contribution in [2.75, 3.05) is 19.7 Å². The second kappa shape index (κ2) is 13.1. The van der Waals surface area contributed by atoms with Crippen molar-refractivity contribution in [2.24, 2.45) is 28.6 Å². The summed E-state index contributed by atoms with van der Waals surface area (Å²) in [7, 11) is 0.